The van der Waals surface area contributed by atoms with Crippen LogP contribution in [-0.4, -0.2) is 5.91 Å². The van der Waals surface area contributed by atoms with Crippen molar-refractivity contribution in [3.05, 3.63) is 51.7 Å². The lowest BCUT2D eigenvalue weighted by Gasteiger charge is -2.17. The number of hydrogen-bond acceptors (Lipinski definition) is 5. The van der Waals surface area contributed by atoms with Gasteiger partial charge in [0.25, 0.3) is 0 Å². The first kappa shape index (κ1) is 24.4. The van der Waals surface area contributed by atoms with Gasteiger partial charge in [-0.25, -0.2) is 18.6 Å². The van der Waals surface area contributed by atoms with Crippen molar-refractivity contribution in [1.29, 1.82) is 0 Å². The highest BCUT2D eigenvalue weighted by molar-refractivity contribution is 7.12. The number of halogens is 1. The van der Waals surface area contributed by atoms with Crippen molar-refractivity contribution < 1.29 is 33.7 Å². The van der Waals surface area contributed by atoms with Crippen molar-refractivity contribution in [3.8, 4) is 11.1 Å². The molecule has 0 aliphatic carbocycles. The largest absolute Gasteiger partial charge is 0.366 e. The van der Waals surface area contributed by atoms with Gasteiger partial charge in [-0.15, -0.1) is 10.2 Å². The predicted molar refractivity (Wildman–Crippen MR) is 100 cm³/mol. The van der Waals surface area contributed by atoms with Crippen LogP contribution in [0.15, 0.2) is 36.4 Å². The van der Waals surface area contributed by atoms with Gasteiger partial charge in [-0.05, 0) is 23.3 Å². The third-order valence-corrected chi connectivity index (χ3v) is 5.67. The van der Waals surface area contributed by atoms with Crippen molar-refractivity contribution in [1.82, 2.24) is 0 Å². The number of benzene rings is 1. The highest BCUT2D eigenvalue weighted by Crippen LogP contribution is 2.37. The number of carbonyl (C=O) groups excluding carboxylic acids is 1. The first-order valence-electron chi connectivity index (χ1n) is 8.49. The number of amides is 1. The van der Waals surface area contributed by atoms with Gasteiger partial charge >= 0.3 is 0 Å². The fourth-order valence-corrected chi connectivity index (χ4v) is 3.46. The summed E-state index contributed by atoms with van der Waals surface area (Å²) in [6.07, 6.45) is 0. The van der Waals surface area contributed by atoms with Crippen molar-refractivity contribution in [2.45, 2.75) is 52.4 Å². The minimum absolute atomic E-state index is 0.105. The maximum atomic E-state index is 11.2. The molecule has 0 atom stereocenters. The summed E-state index contributed by atoms with van der Waals surface area (Å²) in [5.74, 6) is -0.391. The molecule has 1 heterocycles. The Labute approximate surface area is 172 Å². The Morgan fingerprint density at radius 2 is 1.18 bits per heavy atom. The van der Waals surface area contributed by atoms with Crippen LogP contribution in [0.3, 0.4) is 0 Å². The SMILES string of the molecule is CC(C)(C)c1cc(-c2ccc(C(N)=O)cc2)cc(C(C)(C)C)[s+]1.[O-][Cl+3]([O-])([O-])[O-]. The molecule has 1 aromatic carbocycles. The van der Waals surface area contributed by atoms with Gasteiger partial charge in [0.05, 0.1) is 0 Å². The van der Waals surface area contributed by atoms with Crippen LogP contribution in [0.5, 0.6) is 0 Å². The number of carbonyl (C=O) groups is 1. The van der Waals surface area contributed by atoms with E-state index in [1.54, 1.807) is 12.1 Å². The van der Waals surface area contributed by atoms with Gasteiger partial charge in [-0.2, -0.15) is 0 Å². The van der Waals surface area contributed by atoms with Crippen LogP contribution in [-0.2, 0) is 10.8 Å². The Bertz CT molecular complexity index is 780. The fourth-order valence-electron chi connectivity index (χ4n) is 2.23. The molecule has 0 saturated carbocycles. The summed E-state index contributed by atoms with van der Waals surface area (Å²) in [7, 11) is -4.94. The smallest absolute Gasteiger partial charge is 0.248 e. The van der Waals surface area contributed by atoms with E-state index >= 15 is 0 Å². The summed E-state index contributed by atoms with van der Waals surface area (Å²) in [5.41, 5.74) is 8.38. The Hall–Kier alpha value is -1.61. The maximum Gasteiger partial charge on any atom is 0.248 e. The zero-order valence-corrected chi connectivity index (χ0v) is 18.4. The van der Waals surface area contributed by atoms with Gasteiger partial charge in [-0.1, -0.05) is 53.7 Å². The van der Waals surface area contributed by atoms with E-state index in [9.17, 15) is 4.79 Å². The molecule has 6 nitrogen and oxygen atoms in total. The zero-order chi connectivity index (χ0) is 21.9. The summed E-state index contributed by atoms with van der Waals surface area (Å²) in [6, 6.07) is 12.1. The molecule has 2 N–H and O–H groups in total. The van der Waals surface area contributed by atoms with Crippen LogP contribution in [0.1, 0.15) is 61.7 Å². The van der Waals surface area contributed by atoms with Crippen LogP contribution in [0, 0.1) is 10.2 Å². The Kier molecular flexibility index (Phi) is 7.69. The molecule has 1 amide bonds. The van der Waals surface area contributed by atoms with E-state index in [1.807, 2.05) is 23.5 Å². The molecule has 2 rings (SSSR count). The molecule has 0 aliphatic heterocycles. The van der Waals surface area contributed by atoms with E-state index in [1.165, 1.54) is 15.3 Å². The molecule has 0 spiro atoms. The van der Waals surface area contributed by atoms with Crippen LogP contribution >= 0.6 is 11.3 Å². The molecule has 0 aliphatic rings. The quantitative estimate of drug-likeness (QED) is 0.701. The summed E-state index contributed by atoms with van der Waals surface area (Å²) in [5, 5.41) is 0. The lowest BCUT2D eigenvalue weighted by molar-refractivity contribution is -2.00. The molecule has 1 aromatic heterocycles. The number of nitrogens with two attached hydrogens (primary N) is 1. The molecule has 28 heavy (non-hydrogen) atoms. The lowest BCUT2D eigenvalue weighted by Crippen LogP contribution is -2.68. The van der Waals surface area contributed by atoms with Gasteiger partial charge in [0.2, 0.25) is 27.0 Å². The van der Waals surface area contributed by atoms with Gasteiger partial charge in [0, 0.05) is 28.5 Å². The van der Waals surface area contributed by atoms with E-state index in [2.05, 4.69) is 53.7 Å². The maximum absolute atomic E-state index is 11.2. The minimum Gasteiger partial charge on any atom is -0.366 e. The summed E-state index contributed by atoms with van der Waals surface area (Å²) >= 11 is 1.88. The lowest BCUT2D eigenvalue weighted by atomic mass is 9.90. The minimum atomic E-state index is -4.94. The summed E-state index contributed by atoms with van der Waals surface area (Å²) < 4.78 is 34.0. The fraction of sp³-hybridized carbons (Fsp3) is 0.400. The molecule has 2 aromatic rings. The normalized spacial score (nSPS) is 12.2. The molecular formula is C20H26ClNO5S. The zero-order valence-electron chi connectivity index (χ0n) is 16.9. The third-order valence-electron chi connectivity index (χ3n) is 3.77. The monoisotopic (exact) mass is 427 g/mol. The third kappa shape index (κ3) is 8.18. The Balaban J connectivity index is 0.000000696. The number of primary amides is 1. The number of hydrogen-bond donors (Lipinski definition) is 1. The van der Waals surface area contributed by atoms with Gasteiger partial charge in [-0.3, -0.25) is 4.79 Å². The second kappa shape index (κ2) is 8.82. The van der Waals surface area contributed by atoms with E-state index in [4.69, 9.17) is 24.4 Å². The van der Waals surface area contributed by atoms with E-state index in [-0.39, 0.29) is 10.8 Å². The Morgan fingerprint density at radius 1 is 0.821 bits per heavy atom. The molecule has 8 heteroatoms. The predicted octanol–water partition coefficient (Wildman–Crippen LogP) is 0.634. The van der Waals surface area contributed by atoms with Gasteiger partial charge in [0.1, 0.15) is 0 Å². The van der Waals surface area contributed by atoms with Crippen LogP contribution in [0.2, 0.25) is 0 Å². The van der Waals surface area contributed by atoms with Crippen molar-refractivity contribution >= 4 is 17.2 Å². The Morgan fingerprint density at radius 3 is 1.46 bits per heavy atom. The van der Waals surface area contributed by atoms with E-state index < -0.39 is 16.2 Å². The molecular weight excluding hydrogens is 402 g/mol. The molecule has 0 radical (unpaired) electrons. The average molecular weight is 428 g/mol. The van der Waals surface area contributed by atoms with Crippen molar-refractivity contribution in [2.24, 2.45) is 5.73 Å². The second-order valence-electron chi connectivity index (χ2n) is 8.39. The molecule has 0 bridgehead atoms. The van der Waals surface area contributed by atoms with Crippen molar-refractivity contribution in [3.63, 3.8) is 0 Å². The first-order valence-corrected chi connectivity index (χ1v) is 10.5. The van der Waals surface area contributed by atoms with E-state index in [0.717, 1.165) is 5.56 Å². The highest BCUT2D eigenvalue weighted by Gasteiger charge is 2.32. The highest BCUT2D eigenvalue weighted by atomic mass is 35.7. The van der Waals surface area contributed by atoms with Crippen LogP contribution < -0.4 is 24.4 Å². The van der Waals surface area contributed by atoms with Crippen LogP contribution in [0.25, 0.3) is 11.1 Å². The van der Waals surface area contributed by atoms with Gasteiger partial charge < -0.3 is 5.73 Å². The topological polar surface area (TPSA) is 135 Å². The summed E-state index contributed by atoms with van der Waals surface area (Å²) in [4.78, 5) is 14.0. The van der Waals surface area contributed by atoms with Crippen molar-refractivity contribution in [2.75, 3.05) is 0 Å². The second-order valence-corrected chi connectivity index (χ2v) is 10.2. The average Bonchev–Trinajstić information content (AvgIpc) is 2.51. The molecule has 154 valence electrons. The first-order chi connectivity index (χ1) is 12.5. The summed E-state index contributed by atoms with van der Waals surface area (Å²) in [6.45, 7) is 13.4. The standard InChI is InChI=1S/C20H25NOS.ClHO4/c1-19(2,3)16-11-15(12-17(23-16)20(4,5)6)13-7-9-14(10-8-13)18(21)22;2-1(3,4)5/h7-12H,1-6H3,(H-,21,22);(H,2,3,4,5). The van der Waals surface area contributed by atoms with E-state index in [0.29, 0.717) is 5.56 Å². The van der Waals surface area contributed by atoms with Crippen LogP contribution in [0.4, 0.5) is 0 Å². The molecule has 0 saturated heterocycles. The molecule has 0 unspecified atom stereocenters. The number of rotatable bonds is 2. The van der Waals surface area contributed by atoms with Gasteiger partial charge in [0.15, 0.2) is 0 Å². The molecule has 0 fully saturated rings.